The fraction of sp³-hybridized carbons (Fsp3) is 0.412. The van der Waals surface area contributed by atoms with Gasteiger partial charge in [0.1, 0.15) is 22.8 Å². The number of nitrogens with zero attached hydrogens (tertiary/aromatic N) is 3. The van der Waals surface area contributed by atoms with Crippen LogP contribution in [0, 0.1) is 0 Å². The van der Waals surface area contributed by atoms with E-state index in [1.807, 2.05) is 39.1 Å². The Morgan fingerprint density at radius 3 is 2.83 bits per heavy atom. The number of rotatable bonds is 2. The lowest BCUT2D eigenvalue weighted by Crippen LogP contribution is -2.43. The molecule has 0 aliphatic carbocycles. The SMILES string of the molecule is COc1ccc2c(c1)OC(C)(C)CN(C(=O)c1cncn1C)C2. The molecule has 0 radical (unpaired) electrons. The fourth-order valence-electron chi connectivity index (χ4n) is 2.81. The van der Waals surface area contributed by atoms with Gasteiger partial charge in [-0.05, 0) is 26.0 Å². The maximum Gasteiger partial charge on any atom is 0.272 e. The Balaban J connectivity index is 1.96. The molecule has 3 rings (SSSR count). The first-order chi connectivity index (χ1) is 10.9. The van der Waals surface area contributed by atoms with Crippen LogP contribution in [0.4, 0.5) is 0 Å². The van der Waals surface area contributed by atoms with E-state index in [4.69, 9.17) is 9.47 Å². The molecule has 0 saturated carbocycles. The summed E-state index contributed by atoms with van der Waals surface area (Å²) in [6.45, 7) is 4.94. The van der Waals surface area contributed by atoms with Crippen LogP contribution in [0.15, 0.2) is 30.7 Å². The van der Waals surface area contributed by atoms with Crippen LogP contribution < -0.4 is 9.47 Å². The van der Waals surface area contributed by atoms with Crippen molar-refractivity contribution in [1.29, 1.82) is 0 Å². The van der Waals surface area contributed by atoms with Crippen LogP contribution in [-0.4, -0.2) is 39.6 Å². The normalized spacial score (nSPS) is 16.3. The Labute approximate surface area is 135 Å². The highest BCUT2D eigenvalue weighted by atomic mass is 16.5. The predicted molar refractivity (Wildman–Crippen MR) is 85.6 cm³/mol. The van der Waals surface area contributed by atoms with E-state index in [0.29, 0.717) is 18.8 Å². The Hall–Kier alpha value is -2.50. The van der Waals surface area contributed by atoms with Gasteiger partial charge in [0.05, 0.1) is 26.2 Å². The van der Waals surface area contributed by atoms with E-state index in [0.717, 1.165) is 17.1 Å². The lowest BCUT2D eigenvalue weighted by Gasteiger charge is -2.29. The van der Waals surface area contributed by atoms with Crippen LogP contribution in [-0.2, 0) is 13.6 Å². The minimum absolute atomic E-state index is 0.0506. The largest absolute Gasteiger partial charge is 0.497 e. The van der Waals surface area contributed by atoms with E-state index in [1.165, 1.54) is 0 Å². The van der Waals surface area contributed by atoms with Crippen molar-refractivity contribution in [1.82, 2.24) is 14.5 Å². The second-order valence-corrected chi connectivity index (χ2v) is 6.39. The van der Waals surface area contributed by atoms with Gasteiger partial charge in [0, 0.05) is 25.2 Å². The molecule has 0 fully saturated rings. The number of imidazole rings is 1. The number of carbonyl (C=O) groups excluding carboxylic acids is 1. The van der Waals surface area contributed by atoms with Gasteiger partial charge in [0.15, 0.2) is 0 Å². The molecular weight excluding hydrogens is 294 g/mol. The summed E-state index contributed by atoms with van der Waals surface area (Å²) in [7, 11) is 3.44. The van der Waals surface area contributed by atoms with Crippen molar-refractivity contribution in [2.45, 2.75) is 26.0 Å². The summed E-state index contributed by atoms with van der Waals surface area (Å²) in [5.74, 6) is 1.45. The zero-order valence-electron chi connectivity index (χ0n) is 13.9. The lowest BCUT2D eigenvalue weighted by atomic mass is 10.1. The molecule has 2 heterocycles. The molecule has 122 valence electrons. The summed E-state index contributed by atoms with van der Waals surface area (Å²) < 4.78 is 13.1. The molecule has 1 aromatic carbocycles. The van der Waals surface area contributed by atoms with Crippen molar-refractivity contribution in [3.05, 3.63) is 42.0 Å². The Morgan fingerprint density at radius 2 is 2.17 bits per heavy atom. The highest BCUT2D eigenvalue weighted by Gasteiger charge is 2.32. The predicted octanol–water partition coefficient (Wildman–Crippen LogP) is 2.24. The average molecular weight is 315 g/mol. The summed E-state index contributed by atoms with van der Waals surface area (Å²) in [6.07, 6.45) is 3.22. The Morgan fingerprint density at radius 1 is 1.39 bits per heavy atom. The minimum atomic E-state index is -0.494. The van der Waals surface area contributed by atoms with Gasteiger partial charge < -0.3 is 18.9 Å². The van der Waals surface area contributed by atoms with Gasteiger partial charge >= 0.3 is 0 Å². The number of fused-ring (bicyclic) bond motifs is 1. The number of aromatic nitrogens is 2. The van der Waals surface area contributed by atoms with Crippen LogP contribution in [0.3, 0.4) is 0 Å². The van der Waals surface area contributed by atoms with Gasteiger partial charge in [-0.3, -0.25) is 4.79 Å². The van der Waals surface area contributed by atoms with Crippen molar-refractivity contribution >= 4 is 5.91 Å². The summed E-state index contributed by atoms with van der Waals surface area (Å²) >= 11 is 0. The van der Waals surface area contributed by atoms with Crippen molar-refractivity contribution < 1.29 is 14.3 Å². The molecule has 6 nitrogen and oxygen atoms in total. The molecule has 6 heteroatoms. The van der Waals surface area contributed by atoms with Gasteiger partial charge in [-0.1, -0.05) is 0 Å². The van der Waals surface area contributed by atoms with Crippen LogP contribution in [0.25, 0.3) is 0 Å². The first-order valence-electron chi connectivity index (χ1n) is 7.51. The highest BCUT2D eigenvalue weighted by molar-refractivity contribution is 5.92. The number of carbonyl (C=O) groups is 1. The van der Waals surface area contributed by atoms with Crippen LogP contribution in [0.1, 0.15) is 29.9 Å². The molecular formula is C17H21N3O3. The van der Waals surface area contributed by atoms with E-state index in [2.05, 4.69) is 4.98 Å². The van der Waals surface area contributed by atoms with E-state index in [-0.39, 0.29) is 5.91 Å². The zero-order valence-corrected chi connectivity index (χ0v) is 13.9. The summed E-state index contributed by atoms with van der Waals surface area (Å²) in [4.78, 5) is 18.7. The number of ether oxygens (including phenoxy) is 2. The quantitative estimate of drug-likeness (QED) is 0.853. The van der Waals surface area contributed by atoms with E-state index in [9.17, 15) is 4.79 Å². The zero-order chi connectivity index (χ0) is 16.6. The van der Waals surface area contributed by atoms with Crippen molar-refractivity contribution in [3.8, 4) is 11.5 Å². The molecule has 1 aliphatic rings. The molecule has 23 heavy (non-hydrogen) atoms. The van der Waals surface area contributed by atoms with Gasteiger partial charge in [-0.15, -0.1) is 0 Å². The highest BCUT2D eigenvalue weighted by Crippen LogP contribution is 2.33. The Kier molecular flexibility index (Phi) is 3.75. The maximum atomic E-state index is 12.8. The van der Waals surface area contributed by atoms with Crippen molar-refractivity contribution in [3.63, 3.8) is 0 Å². The average Bonchev–Trinajstić information content (AvgIpc) is 2.86. The second kappa shape index (κ2) is 5.61. The molecule has 0 atom stereocenters. The standard InChI is InChI=1S/C17H21N3O3/c1-17(2)10-20(16(21)14-8-18-11-19(14)3)9-12-5-6-13(22-4)7-15(12)23-17/h5-8,11H,9-10H2,1-4H3. The molecule has 0 spiro atoms. The Bertz CT molecular complexity index is 736. The third-order valence-electron chi connectivity index (χ3n) is 3.92. The van der Waals surface area contributed by atoms with Gasteiger partial charge in [-0.2, -0.15) is 0 Å². The molecule has 1 amide bonds. The first kappa shape index (κ1) is 15.4. The van der Waals surface area contributed by atoms with E-state index >= 15 is 0 Å². The fourth-order valence-corrected chi connectivity index (χ4v) is 2.81. The van der Waals surface area contributed by atoms with Gasteiger partial charge in [0.25, 0.3) is 5.91 Å². The molecule has 0 bridgehead atoms. The number of benzene rings is 1. The summed E-state index contributed by atoms with van der Waals surface area (Å²) in [5, 5.41) is 0. The van der Waals surface area contributed by atoms with Gasteiger partial charge in [-0.25, -0.2) is 4.98 Å². The van der Waals surface area contributed by atoms with E-state index < -0.39 is 5.60 Å². The number of hydrogen-bond acceptors (Lipinski definition) is 4. The smallest absolute Gasteiger partial charge is 0.272 e. The lowest BCUT2D eigenvalue weighted by molar-refractivity contribution is 0.0493. The molecule has 0 saturated heterocycles. The van der Waals surface area contributed by atoms with Crippen molar-refractivity contribution in [2.75, 3.05) is 13.7 Å². The molecule has 1 aliphatic heterocycles. The minimum Gasteiger partial charge on any atom is -0.497 e. The van der Waals surface area contributed by atoms with Gasteiger partial charge in [0.2, 0.25) is 0 Å². The first-order valence-corrected chi connectivity index (χ1v) is 7.51. The summed E-state index contributed by atoms with van der Waals surface area (Å²) in [5.41, 5.74) is 1.04. The number of aryl methyl sites for hydroxylation is 1. The molecule has 1 aromatic heterocycles. The van der Waals surface area contributed by atoms with Crippen LogP contribution >= 0.6 is 0 Å². The molecule has 0 N–H and O–H groups in total. The second-order valence-electron chi connectivity index (χ2n) is 6.39. The van der Waals surface area contributed by atoms with E-state index in [1.54, 1.807) is 29.1 Å². The van der Waals surface area contributed by atoms with Crippen LogP contribution in [0.5, 0.6) is 11.5 Å². The third-order valence-corrected chi connectivity index (χ3v) is 3.92. The maximum absolute atomic E-state index is 12.8. The van der Waals surface area contributed by atoms with Crippen LogP contribution in [0.2, 0.25) is 0 Å². The topological polar surface area (TPSA) is 56.6 Å². The molecule has 2 aromatic rings. The van der Waals surface area contributed by atoms with Crippen molar-refractivity contribution in [2.24, 2.45) is 7.05 Å². The molecule has 0 unspecified atom stereocenters. The number of methoxy groups -OCH3 is 1. The number of amides is 1. The summed E-state index contributed by atoms with van der Waals surface area (Å²) in [6, 6.07) is 5.70. The number of hydrogen-bond donors (Lipinski definition) is 0. The monoisotopic (exact) mass is 315 g/mol. The third kappa shape index (κ3) is 3.02.